The fourth-order valence-corrected chi connectivity index (χ4v) is 1.70. The molecule has 0 unspecified atom stereocenters. The average molecular weight is 220 g/mol. The summed E-state index contributed by atoms with van der Waals surface area (Å²) in [6, 6.07) is 0. The Morgan fingerprint density at radius 3 is 2.50 bits per heavy atom. The number of hydrogen-bond acceptors (Lipinski definition) is 4. The first kappa shape index (κ1) is 11.5. The van der Waals surface area contributed by atoms with Crippen molar-refractivity contribution in [2.24, 2.45) is 5.73 Å². The van der Waals surface area contributed by atoms with Crippen LogP contribution in [0.25, 0.3) is 0 Å². The predicted molar refractivity (Wildman–Crippen MR) is 53.5 cm³/mol. The van der Waals surface area contributed by atoms with Crippen LogP contribution in [0.1, 0.15) is 19.8 Å². The molecule has 0 heterocycles. The molecule has 1 aliphatic rings. The highest BCUT2D eigenvalue weighted by molar-refractivity contribution is 7.91. The van der Waals surface area contributed by atoms with E-state index in [1.807, 2.05) is 0 Å². The Labute approximate surface area is 84.0 Å². The molecule has 1 saturated carbocycles. The summed E-state index contributed by atoms with van der Waals surface area (Å²) in [7, 11) is -3.00. The van der Waals surface area contributed by atoms with Crippen LogP contribution in [0.2, 0.25) is 0 Å². The maximum atomic E-state index is 11.3. The zero-order valence-electron chi connectivity index (χ0n) is 8.25. The number of nitrogens with one attached hydrogen (secondary N) is 1. The quantitative estimate of drug-likeness (QED) is 0.624. The van der Waals surface area contributed by atoms with Crippen molar-refractivity contribution in [3.8, 4) is 0 Å². The molecule has 1 aliphatic carbocycles. The maximum Gasteiger partial charge on any atom is 0.240 e. The maximum absolute atomic E-state index is 11.3. The molecule has 0 atom stereocenters. The summed E-state index contributed by atoms with van der Waals surface area (Å²) in [4.78, 5) is 11.3. The van der Waals surface area contributed by atoms with Gasteiger partial charge >= 0.3 is 0 Å². The van der Waals surface area contributed by atoms with Crippen LogP contribution in [0.5, 0.6) is 0 Å². The van der Waals surface area contributed by atoms with Crippen LogP contribution >= 0.6 is 0 Å². The highest BCUT2D eigenvalue weighted by Crippen LogP contribution is 2.31. The Balaban J connectivity index is 2.25. The van der Waals surface area contributed by atoms with Gasteiger partial charge in [-0.25, -0.2) is 8.42 Å². The lowest BCUT2D eigenvalue weighted by atomic mass is 10.3. The summed E-state index contributed by atoms with van der Waals surface area (Å²) in [6.07, 6.45) is 1.39. The number of rotatable bonds is 5. The number of carbonyl (C=O) groups is 1. The van der Waals surface area contributed by atoms with E-state index >= 15 is 0 Å². The molecule has 0 aromatic rings. The van der Waals surface area contributed by atoms with Gasteiger partial charge < -0.3 is 11.1 Å². The van der Waals surface area contributed by atoms with Gasteiger partial charge in [-0.1, -0.05) is 6.92 Å². The van der Waals surface area contributed by atoms with Gasteiger partial charge in [-0.15, -0.1) is 0 Å². The Hall–Kier alpha value is -0.620. The van der Waals surface area contributed by atoms with E-state index in [1.165, 1.54) is 0 Å². The minimum atomic E-state index is -3.00. The topological polar surface area (TPSA) is 89.3 Å². The Bertz CT molecular complexity index is 319. The Kier molecular flexibility index (Phi) is 3.16. The highest BCUT2D eigenvalue weighted by Gasteiger charge is 2.45. The first-order valence-electron chi connectivity index (χ1n) is 4.67. The van der Waals surface area contributed by atoms with Crippen molar-refractivity contribution in [1.82, 2.24) is 5.32 Å². The molecule has 1 amide bonds. The summed E-state index contributed by atoms with van der Waals surface area (Å²) >= 11 is 0. The van der Waals surface area contributed by atoms with Gasteiger partial charge in [-0.3, -0.25) is 4.79 Å². The van der Waals surface area contributed by atoms with Crippen LogP contribution in [-0.4, -0.2) is 37.9 Å². The Morgan fingerprint density at radius 2 is 2.07 bits per heavy atom. The summed E-state index contributed by atoms with van der Waals surface area (Å²) in [5.74, 6) is -0.133. The van der Waals surface area contributed by atoms with Gasteiger partial charge in [0.05, 0.1) is 11.3 Å². The Morgan fingerprint density at radius 1 is 1.50 bits per heavy atom. The zero-order valence-corrected chi connectivity index (χ0v) is 9.06. The number of nitrogens with two attached hydrogens (primary N) is 1. The van der Waals surface area contributed by atoms with Crippen LogP contribution in [0, 0.1) is 0 Å². The molecular weight excluding hydrogens is 204 g/mol. The van der Waals surface area contributed by atoms with E-state index in [2.05, 4.69) is 5.32 Å². The van der Waals surface area contributed by atoms with Crippen molar-refractivity contribution in [2.75, 3.05) is 18.1 Å². The van der Waals surface area contributed by atoms with Gasteiger partial charge in [0.1, 0.15) is 0 Å². The molecule has 0 aromatic heterocycles. The SMILES string of the molecule is CCS(=O)(=O)CCNC(=O)C1(N)CC1. The van der Waals surface area contributed by atoms with Gasteiger partial charge in [0.2, 0.25) is 5.91 Å². The average Bonchev–Trinajstić information content (AvgIpc) is 2.85. The van der Waals surface area contributed by atoms with E-state index in [-0.39, 0.29) is 24.0 Å². The van der Waals surface area contributed by atoms with Gasteiger partial charge in [-0.2, -0.15) is 0 Å². The number of sulfone groups is 1. The predicted octanol–water partition coefficient (Wildman–Crippen LogP) is -0.971. The van der Waals surface area contributed by atoms with Gasteiger partial charge in [0, 0.05) is 12.3 Å². The fourth-order valence-electron chi connectivity index (χ4n) is 1.00. The van der Waals surface area contributed by atoms with Gasteiger partial charge in [0.15, 0.2) is 9.84 Å². The zero-order chi connectivity index (χ0) is 10.8. The second-order valence-electron chi connectivity index (χ2n) is 3.65. The molecule has 0 aliphatic heterocycles. The van der Waals surface area contributed by atoms with Crippen molar-refractivity contribution in [2.45, 2.75) is 25.3 Å². The van der Waals surface area contributed by atoms with Crippen LogP contribution in [0.3, 0.4) is 0 Å². The van der Waals surface area contributed by atoms with E-state index in [4.69, 9.17) is 5.73 Å². The first-order valence-corrected chi connectivity index (χ1v) is 6.49. The van der Waals surface area contributed by atoms with Crippen molar-refractivity contribution >= 4 is 15.7 Å². The molecule has 0 radical (unpaired) electrons. The summed E-state index contributed by atoms with van der Waals surface area (Å²) in [5, 5.41) is 2.53. The molecule has 0 aromatic carbocycles. The van der Waals surface area contributed by atoms with E-state index < -0.39 is 15.4 Å². The van der Waals surface area contributed by atoms with Gasteiger partial charge in [0.25, 0.3) is 0 Å². The number of hydrogen-bond donors (Lipinski definition) is 2. The standard InChI is InChI=1S/C8H16N2O3S/c1-2-14(12,13)6-5-10-7(11)8(9)3-4-8/h2-6,9H2,1H3,(H,10,11). The van der Waals surface area contributed by atoms with Crippen molar-refractivity contribution in [3.63, 3.8) is 0 Å². The third-order valence-electron chi connectivity index (χ3n) is 2.38. The molecular formula is C8H16N2O3S. The van der Waals surface area contributed by atoms with Crippen molar-refractivity contribution in [1.29, 1.82) is 0 Å². The second kappa shape index (κ2) is 3.86. The molecule has 14 heavy (non-hydrogen) atoms. The lowest BCUT2D eigenvalue weighted by molar-refractivity contribution is -0.123. The second-order valence-corrected chi connectivity index (χ2v) is 6.12. The van der Waals surface area contributed by atoms with Crippen molar-refractivity contribution in [3.05, 3.63) is 0 Å². The molecule has 0 bridgehead atoms. The molecule has 6 heteroatoms. The largest absolute Gasteiger partial charge is 0.353 e. The van der Waals surface area contributed by atoms with E-state index in [1.54, 1.807) is 6.92 Å². The van der Waals surface area contributed by atoms with Crippen LogP contribution in [-0.2, 0) is 14.6 Å². The third-order valence-corrected chi connectivity index (χ3v) is 4.09. The molecule has 1 fully saturated rings. The van der Waals surface area contributed by atoms with Crippen LogP contribution in [0.4, 0.5) is 0 Å². The molecule has 0 saturated heterocycles. The minimum Gasteiger partial charge on any atom is -0.353 e. The monoisotopic (exact) mass is 220 g/mol. The summed E-state index contributed by atoms with van der Waals surface area (Å²) < 4.78 is 22.1. The van der Waals surface area contributed by atoms with Crippen LogP contribution in [0.15, 0.2) is 0 Å². The third kappa shape index (κ3) is 2.95. The molecule has 82 valence electrons. The van der Waals surface area contributed by atoms with E-state index in [0.717, 1.165) is 0 Å². The molecule has 5 nitrogen and oxygen atoms in total. The normalized spacial score (nSPS) is 19.0. The molecule has 1 rings (SSSR count). The lowest BCUT2D eigenvalue weighted by Gasteiger charge is -2.09. The first-order chi connectivity index (χ1) is 6.40. The van der Waals surface area contributed by atoms with Gasteiger partial charge in [-0.05, 0) is 12.8 Å². The van der Waals surface area contributed by atoms with Crippen molar-refractivity contribution < 1.29 is 13.2 Å². The minimum absolute atomic E-state index is 0.00861. The molecule has 3 N–H and O–H groups in total. The summed E-state index contributed by atoms with van der Waals surface area (Å²) in [5.41, 5.74) is 4.90. The molecule has 0 spiro atoms. The smallest absolute Gasteiger partial charge is 0.240 e. The number of carbonyl (C=O) groups excluding carboxylic acids is 1. The lowest BCUT2D eigenvalue weighted by Crippen LogP contribution is -2.44. The highest BCUT2D eigenvalue weighted by atomic mass is 32.2. The van der Waals surface area contributed by atoms with E-state index in [0.29, 0.717) is 12.8 Å². The van der Waals surface area contributed by atoms with E-state index in [9.17, 15) is 13.2 Å². The summed E-state index contributed by atoms with van der Waals surface area (Å²) in [6.45, 7) is 1.75. The van der Waals surface area contributed by atoms with Crippen LogP contribution < -0.4 is 11.1 Å². The number of amides is 1. The fraction of sp³-hybridized carbons (Fsp3) is 0.875.